The molecular formula is C31H31Cl2N5. The quantitative estimate of drug-likeness (QED) is 0.219. The maximum absolute atomic E-state index is 6.47. The summed E-state index contributed by atoms with van der Waals surface area (Å²) in [7, 11) is 0. The zero-order chi connectivity index (χ0) is 26.2. The lowest BCUT2D eigenvalue weighted by molar-refractivity contribution is 0.479. The number of pyridine rings is 2. The van der Waals surface area contributed by atoms with Crippen molar-refractivity contribution in [2.24, 2.45) is 5.92 Å². The van der Waals surface area contributed by atoms with Crippen LogP contribution in [-0.2, 0) is 0 Å². The molecule has 5 nitrogen and oxygen atoms in total. The molecule has 0 spiro atoms. The normalized spacial score (nSPS) is 17.4. The summed E-state index contributed by atoms with van der Waals surface area (Å²) in [6.45, 7) is 8.43. The summed E-state index contributed by atoms with van der Waals surface area (Å²) in [4.78, 5) is 9.49. The van der Waals surface area contributed by atoms with Gasteiger partial charge in [0.2, 0.25) is 0 Å². The molecule has 1 saturated carbocycles. The SMILES string of the molecule is C=C(c1cnc2ccc(-c3cc(Cl)c(C)c(Cl)c3)cc2c1Nc1ccc(NC2CCCNC2)nc1)C1CC1. The average molecular weight is 545 g/mol. The lowest BCUT2D eigenvalue weighted by Crippen LogP contribution is -2.38. The van der Waals surface area contributed by atoms with E-state index in [0.717, 1.165) is 75.4 Å². The number of benzene rings is 2. The van der Waals surface area contributed by atoms with Crippen LogP contribution in [0.2, 0.25) is 10.0 Å². The van der Waals surface area contributed by atoms with Crippen LogP contribution in [0.15, 0.2) is 61.4 Å². The number of fused-ring (bicyclic) bond motifs is 1. The molecule has 1 atom stereocenters. The van der Waals surface area contributed by atoms with Gasteiger partial charge in [-0.1, -0.05) is 35.8 Å². The Hall–Kier alpha value is -3.12. The number of aromatic nitrogens is 2. The molecular weight excluding hydrogens is 513 g/mol. The second-order valence-electron chi connectivity index (χ2n) is 10.4. The molecule has 1 aliphatic heterocycles. The Bertz CT molecular complexity index is 1480. The average Bonchev–Trinajstić information content (AvgIpc) is 3.78. The fraction of sp³-hybridized carbons (Fsp3) is 0.290. The minimum absolute atomic E-state index is 0.412. The summed E-state index contributed by atoms with van der Waals surface area (Å²) in [5, 5.41) is 13.0. The highest BCUT2D eigenvalue weighted by molar-refractivity contribution is 6.36. The Balaban J connectivity index is 1.37. The first-order chi connectivity index (χ1) is 18.5. The van der Waals surface area contributed by atoms with Gasteiger partial charge in [0.1, 0.15) is 5.82 Å². The molecule has 2 fully saturated rings. The topological polar surface area (TPSA) is 61.9 Å². The van der Waals surface area contributed by atoms with Crippen LogP contribution in [0.25, 0.3) is 27.6 Å². The second-order valence-corrected chi connectivity index (χ2v) is 11.2. The van der Waals surface area contributed by atoms with E-state index in [-0.39, 0.29) is 0 Å². The van der Waals surface area contributed by atoms with E-state index in [4.69, 9.17) is 33.2 Å². The summed E-state index contributed by atoms with van der Waals surface area (Å²) in [6, 6.07) is 14.7. The van der Waals surface area contributed by atoms with Gasteiger partial charge in [-0.25, -0.2) is 4.98 Å². The zero-order valence-corrected chi connectivity index (χ0v) is 23.0. The molecule has 1 saturated heterocycles. The van der Waals surface area contributed by atoms with Gasteiger partial charge >= 0.3 is 0 Å². The van der Waals surface area contributed by atoms with Crippen LogP contribution in [0, 0.1) is 12.8 Å². The number of hydrogen-bond donors (Lipinski definition) is 3. The fourth-order valence-electron chi connectivity index (χ4n) is 5.10. The number of hydrogen-bond acceptors (Lipinski definition) is 5. The molecule has 38 heavy (non-hydrogen) atoms. The van der Waals surface area contributed by atoms with Crippen LogP contribution < -0.4 is 16.0 Å². The molecule has 1 aliphatic carbocycles. The van der Waals surface area contributed by atoms with Gasteiger partial charge in [0, 0.05) is 39.8 Å². The van der Waals surface area contributed by atoms with Crippen molar-refractivity contribution in [3.63, 3.8) is 0 Å². The summed E-state index contributed by atoms with van der Waals surface area (Å²) in [5.41, 5.74) is 7.88. The predicted molar refractivity (Wildman–Crippen MR) is 161 cm³/mol. The van der Waals surface area contributed by atoms with E-state index < -0.39 is 0 Å². The van der Waals surface area contributed by atoms with E-state index in [2.05, 4.69) is 40.7 Å². The lowest BCUT2D eigenvalue weighted by atomic mass is 9.97. The highest BCUT2D eigenvalue weighted by Gasteiger charge is 2.28. The highest BCUT2D eigenvalue weighted by Crippen LogP contribution is 2.45. The minimum atomic E-state index is 0.412. The third-order valence-electron chi connectivity index (χ3n) is 7.58. The Labute approximate surface area is 233 Å². The molecule has 2 aromatic carbocycles. The molecule has 2 aromatic heterocycles. The Morgan fingerprint density at radius 2 is 1.79 bits per heavy atom. The van der Waals surface area contributed by atoms with Crippen molar-refractivity contribution in [2.45, 2.75) is 38.6 Å². The third kappa shape index (κ3) is 5.24. The monoisotopic (exact) mass is 543 g/mol. The first kappa shape index (κ1) is 25.2. The van der Waals surface area contributed by atoms with Gasteiger partial charge < -0.3 is 16.0 Å². The van der Waals surface area contributed by atoms with Crippen LogP contribution >= 0.6 is 23.2 Å². The number of piperidine rings is 1. The van der Waals surface area contributed by atoms with Crippen molar-refractivity contribution in [1.82, 2.24) is 15.3 Å². The molecule has 1 unspecified atom stereocenters. The molecule has 0 amide bonds. The summed E-state index contributed by atoms with van der Waals surface area (Å²) < 4.78 is 0. The second kappa shape index (κ2) is 10.6. The van der Waals surface area contributed by atoms with E-state index in [0.29, 0.717) is 22.0 Å². The Morgan fingerprint density at radius 3 is 2.47 bits per heavy atom. The van der Waals surface area contributed by atoms with Crippen LogP contribution in [-0.4, -0.2) is 29.1 Å². The van der Waals surface area contributed by atoms with E-state index in [1.165, 1.54) is 19.3 Å². The van der Waals surface area contributed by atoms with Crippen molar-refractivity contribution >= 4 is 56.9 Å². The van der Waals surface area contributed by atoms with Crippen molar-refractivity contribution < 1.29 is 0 Å². The summed E-state index contributed by atoms with van der Waals surface area (Å²) in [5.74, 6) is 1.41. The van der Waals surface area contributed by atoms with Crippen LogP contribution in [0.5, 0.6) is 0 Å². The molecule has 6 rings (SSSR count). The predicted octanol–water partition coefficient (Wildman–Crippen LogP) is 8.24. The highest BCUT2D eigenvalue weighted by atomic mass is 35.5. The number of nitrogens with zero attached hydrogens (tertiary/aromatic N) is 2. The van der Waals surface area contributed by atoms with Crippen molar-refractivity contribution in [1.29, 1.82) is 0 Å². The van der Waals surface area contributed by atoms with Gasteiger partial charge in [-0.05, 0) is 104 Å². The summed E-state index contributed by atoms with van der Waals surface area (Å²) in [6.07, 6.45) is 8.53. The van der Waals surface area contributed by atoms with Crippen LogP contribution in [0.3, 0.4) is 0 Å². The maximum Gasteiger partial charge on any atom is 0.126 e. The van der Waals surface area contributed by atoms with Gasteiger partial charge in [-0.15, -0.1) is 0 Å². The zero-order valence-electron chi connectivity index (χ0n) is 21.5. The summed E-state index contributed by atoms with van der Waals surface area (Å²) >= 11 is 12.9. The first-order valence-corrected chi connectivity index (χ1v) is 14.0. The number of halogens is 2. The first-order valence-electron chi connectivity index (χ1n) is 13.2. The van der Waals surface area contributed by atoms with Gasteiger partial charge in [0.25, 0.3) is 0 Å². The Morgan fingerprint density at radius 1 is 0.974 bits per heavy atom. The molecule has 3 N–H and O–H groups in total. The Kier molecular flexibility index (Phi) is 7.00. The molecule has 0 radical (unpaired) electrons. The molecule has 0 bridgehead atoms. The standard InChI is InChI=1S/C31H31Cl2N5/c1-18(20-5-6-20)26-17-35-29-9-7-21(22-13-27(32)19(2)28(33)14-22)12-25(29)31(26)38-24-8-10-30(36-16-24)37-23-4-3-11-34-15-23/h7-10,12-14,16-17,20,23,34H,1,3-6,11,15H2,2H3,(H,35,38)(H,36,37). The largest absolute Gasteiger partial charge is 0.366 e. The molecule has 3 heterocycles. The number of rotatable bonds is 7. The van der Waals surface area contributed by atoms with E-state index in [9.17, 15) is 0 Å². The number of nitrogens with one attached hydrogen (secondary N) is 3. The smallest absolute Gasteiger partial charge is 0.126 e. The van der Waals surface area contributed by atoms with E-state index >= 15 is 0 Å². The van der Waals surface area contributed by atoms with Crippen molar-refractivity contribution in [3.8, 4) is 11.1 Å². The minimum Gasteiger partial charge on any atom is -0.366 e. The van der Waals surface area contributed by atoms with Crippen LogP contribution in [0.4, 0.5) is 17.2 Å². The van der Waals surface area contributed by atoms with Crippen LogP contribution in [0.1, 0.15) is 36.8 Å². The molecule has 194 valence electrons. The van der Waals surface area contributed by atoms with Crippen molar-refractivity contribution in [2.75, 3.05) is 23.7 Å². The third-order valence-corrected chi connectivity index (χ3v) is 8.37. The van der Waals surface area contributed by atoms with E-state index in [1.54, 1.807) is 0 Å². The fourth-order valence-corrected chi connectivity index (χ4v) is 5.58. The van der Waals surface area contributed by atoms with Gasteiger partial charge in [-0.3, -0.25) is 4.98 Å². The number of anilines is 3. The molecule has 7 heteroatoms. The van der Waals surface area contributed by atoms with Crippen molar-refractivity contribution in [3.05, 3.63) is 82.6 Å². The lowest BCUT2D eigenvalue weighted by Gasteiger charge is -2.24. The maximum atomic E-state index is 6.47. The number of allylic oxidation sites excluding steroid dienone is 1. The molecule has 4 aromatic rings. The van der Waals surface area contributed by atoms with E-state index in [1.807, 2.05) is 43.6 Å². The molecule has 2 aliphatic rings. The van der Waals surface area contributed by atoms with Gasteiger partial charge in [0.15, 0.2) is 0 Å². The van der Waals surface area contributed by atoms with Gasteiger partial charge in [-0.2, -0.15) is 0 Å². The van der Waals surface area contributed by atoms with Gasteiger partial charge in [0.05, 0.1) is 23.1 Å².